The van der Waals surface area contributed by atoms with Gasteiger partial charge in [-0.2, -0.15) is 0 Å². The molecule has 2 heterocycles. The molecule has 0 spiro atoms. The number of hydrogen-bond acceptors (Lipinski definition) is 3. The quantitative estimate of drug-likeness (QED) is 0.877. The molecule has 3 unspecified atom stereocenters. The average molecular weight is 260 g/mol. The molecule has 19 heavy (non-hydrogen) atoms. The Morgan fingerprint density at radius 3 is 2.53 bits per heavy atom. The molecule has 2 saturated heterocycles. The summed E-state index contributed by atoms with van der Waals surface area (Å²) in [6, 6.07) is 10.9. The first-order valence-electron chi connectivity index (χ1n) is 7.47. The molecule has 2 aliphatic heterocycles. The van der Waals surface area contributed by atoms with Crippen molar-refractivity contribution in [3.63, 3.8) is 0 Å². The summed E-state index contributed by atoms with van der Waals surface area (Å²) in [4.78, 5) is 2.50. The summed E-state index contributed by atoms with van der Waals surface area (Å²) in [5.74, 6) is 0. The average Bonchev–Trinajstić information content (AvgIpc) is 2.77. The van der Waals surface area contributed by atoms with Gasteiger partial charge in [-0.25, -0.2) is 0 Å². The van der Waals surface area contributed by atoms with E-state index in [1.54, 1.807) is 0 Å². The molecular formula is C16H24N2O. The number of fused-ring (bicyclic) bond motifs is 2. The maximum absolute atomic E-state index is 6.28. The smallest absolute Gasteiger partial charge is 0.0707 e. The number of likely N-dealkylation sites (tertiary alicyclic amines) is 1. The van der Waals surface area contributed by atoms with Crippen LogP contribution in [0.3, 0.4) is 0 Å². The first-order chi connectivity index (χ1) is 9.29. The molecule has 3 rings (SSSR count). The Hall–Kier alpha value is -0.900. The van der Waals surface area contributed by atoms with Crippen LogP contribution in [-0.4, -0.2) is 42.8 Å². The highest BCUT2D eigenvalue weighted by molar-refractivity contribution is 5.14. The van der Waals surface area contributed by atoms with Crippen LogP contribution >= 0.6 is 0 Å². The Morgan fingerprint density at radius 1 is 1.16 bits per heavy atom. The Bertz CT molecular complexity index is 383. The second kappa shape index (κ2) is 6.04. The second-order valence-electron chi connectivity index (χ2n) is 5.96. The van der Waals surface area contributed by atoms with E-state index in [-0.39, 0.29) is 6.04 Å². The zero-order valence-electron chi connectivity index (χ0n) is 11.5. The maximum Gasteiger partial charge on any atom is 0.0707 e. The SMILES string of the molecule is NC(CCc1ccccc1)CN1CC2CCC(C1)O2. The van der Waals surface area contributed by atoms with Crippen molar-refractivity contribution in [3.8, 4) is 0 Å². The normalized spacial score (nSPS) is 28.5. The van der Waals surface area contributed by atoms with Gasteiger partial charge in [0.25, 0.3) is 0 Å². The molecule has 2 fully saturated rings. The van der Waals surface area contributed by atoms with Crippen molar-refractivity contribution in [2.75, 3.05) is 19.6 Å². The van der Waals surface area contributed by atoms with Crippen LogP contribution in [0.2, 0.25) is 0 Å². The van der Waals surface area contributed by atoms with Crippen molar-refractivity contribution in [2.45, 2.75) is 43.9 Å². The number of morpholine rings is 1. The highest BCUT2D eigenvalue weighted by atomic mass is 16.5. The van der Waals surface area contributed by atoms with E-state index in [9.17, 15) is 0 Å². The van der Waals surface area contributed by atoms with E-state index in [1.807, 2.05) is 0 Å². The molecule has 3 nitrogen and oxygen atoms in total. The van der Waals surface area contributed by atoms with E-state index in [1.165, 1.54) is 18.4 Å². The fourth-order valence-corrected chi connectivity index (χ4v) is 3.27. The minimum atomic E-state index is 0.276. The van der Waals surface area contributed by atoms with Gasteiger partial charge >= 0.3 is 0 Å². The van der Waals surface area contributed by atoms with E-state index in [0.29, 0.717) is 12.2 Å². The summed E-state index contributed by atoms with van der Waals surface area (Å²) < 4.78 is 5.86. The zero-order chi connectivity index (χ0) is 13.1. The predicted octanol–water partition coefficient (Wildman–Crippen LogP) is 1.81. The molecule has 0 aliphatic carbocycles. The third kappa shape index (κ3) is 3.56. The van der Waals surface area contributed by atoms with Crippen molar-refractivity contribution in [1.82, 2.24) is 4.90 Å². The first kappa shape index (κ1) is 13.1. The van der Waals surface area contributed by atoms with Crippen molar-refractivity contribution in [2.24, 2.45) is 5.73 Å². The minimum absolute atomic E-state index is 0.276. The fourth-order valence-electron chi connectivity index (χ4n) is 3.27. The molecule has 0 saturated carbocycles. The standard InChI is InChI=1S/C16H24N2O/c17-14(7-6-13-4-2-1-3-5-13)10-18-11-15-8-9-16(12-18)19-15/h1-5,14-16H,6-12,17H2. The topological polar surface area (TPSA) is 38.5 Å². The summed E-state index contributed by atoms with van der Waals surface area (Å²) in [6.45, 7) is 3.17. The second-order valence-corrected chi connectivity index (χ2v) is 5.96. The van der Waals surface area contributed by atoms with E-state index in [2.05, 4.69) is 35.2 Å². The third-order valence-corrected chi connectivity index (χ3v) is 4.26. The van der Waals surface area contributed by atoms with Crippen LogP contribution in [0.5, 0.6) is 0 Å². The van der Waals surface area contributed by atoms with Gasteiger partial charge in [0.2, 0.25) is 0 Å². The lowest BCUT2D eigenvalue weighted by atomic mass is 10.1. The van der Waals surface area contributed by atoms with Crippen LogP contribution in [0.4, 0.5) is 0 Å². The molecule has 104 valence electrons. The molecule has 1 aromatic rings. The molecule has 3 atom stereocenters. The minimum Gasteiger partial charge on any atom is -0.372 e. The van der Waals surface area contributed by atoms with Crippen LogP contribution in [0.15, 0.2) is 30.3 Å². The number of nitrogens with zero attached hydrogens (tertiary/aromatic N) is 1. The lowest BCUT2D eigenvalue weighted by Gasteiger charge is -2.33. The summed E-state index contributed by atoms with van der Waals surface area (Å²) >= 11 is 0. The van der Waals surface area contributed by atoms with Crippen LogP contribution in [-0.2, 0) is 11.2 Å². The monoisotopic (exact) mass is 260 g/mol. The zero-order valence-corrected chi connectivity index (χ0v) is 11.5. The number of rotatable bonds is 5. The third-order valence-electron chi connectivity index (χ3n) is 4.26. The van der Waals surface area contributed by atoms with Gasteiger partial charge in [-0.1, -0.05) is 30.3 Å². The van der Waals surface area contributed by atoms with Gasteiger partial charge in [0.05, 0.1) is 12.2 Å². The Balaban J connectivity index is 1.43. The number of ether oxygens (including phenoxy) is 1. The summed E-state index contributed by atoms with van der Waals surface area (Å²) in [6.07, 6.45) is 5.57. The lowest BCUT2D eigenvalue weighted by molar-refractivity contribution is -0.0398. The number of aryl methyl sites for hydroxylation is 1. The molecule has 1 aromatic carbocycles. The van der Waals surface area contributed by atoms with Crippen LogP contribution in [0.1, 0.15) is 24.8 Å². The molecule has 0 aromatic heterocycles. The molecular weight excluding hydrogens is 236 g/mol. The van der Waals surface area contributed by atoms with Gasteiger partial charge in [0, 0.05) is 25.7 Å². The van der Waals surface area contributed by atoms with E-state index >= 15 is 0 Å². The lowest BCUT2D eigenvalue weighted by Crippen LogP contribution is -2.47. The number of nitrogens with two attached hydrogens (primary N) is 1. The molecule has 2 bridgehead atoms. The highest BCUT2D eigenvalue weighted by Crippen LogP contribution is 2.26. The molecule has 0 amide bonds. The summed E-state index contributed by atoms with van der Waals surface area (Å²) in [5, 5.41) is 0. The van der Waals surface area contributed by atoms with Gasteiger partial charge in [0.15, 0.2) is 0 Å². The number of benzene rings is 1. The van der Waals surface area contributed by atoms with E-state index < -0.39 is 0 Å². The van der Waals surface area contributed by atoms with Crippen molar-refractivity contribution >= 4 is 0 Å². The van der Waals surface area contributed by atoms with Crippen LogP contribution in [0.25, 0.3) is 0 Å². The fraction of sp³-hybridized carbons (Fsp3) is 0.625. The van der Waals surface area contributed by atoms with Gasteiger partial charge in [-0.3, -0.25) is 4.90 Å². The Morgan fingerprint density at radius 2 is 1.84 bits per heavy atom. The van der Waals surface area contributed by atoms with E-state index in [0.717, 1.165) is 32.5 Å². The van der Waals surface area contributed by atoms with Crippen LogP contribution < -0.4 is 5.73 Å². The van der Waals surface area contributed by atoms with Gasteiger partial charge < -0.3 is 10.5 Å². The Labute approximate surface area is 115 Å². The molecule has 0 radical (unpaired) electrons. The highest BCUT2D eigenvalue weighted by Gasteiger charge is 2.33. The molecule has 2 aliphatic rings. The van der Waals surface area contributed by atoms with Gasteiger partial charge in [-0.05, 0) is 31.2 Å². The summed E-state index contributed by atoms with van der Waals surface area (Å²) in [5.41, 5.74) is 7.67. The van der Waals surface area contributed by atoms with Crippen LogP contribution in [0, 0.1) is 0 Å². The molecule has 2 N–H and O–H groups in total. The van der Waals surface area contributed by atoms with Gasteiger partial charge in [-0.15, -0.1) is 0 Å². The van der Waals surface area contributed by atoms with Crippen molar-refractivity contribution in [3.05, 3.63) is 35.9 Å². The Kier molecular flexibility index (Phi) is 4.16. The van der Waals surface area contributed by atoms with E-state index in [4.69, 9.17) is 10.5 Å². The van der Waals surface area contributed by atoms with Crippen molar-refractivity contribution < 1.29 is 4.74 Å². The maximum atomic E-state index is 6.28. The van der Waals surface area contributed by atoms with Gasteiger partial charge in [0.1, 0.15) is 0 Å². The molecule has 3 heteroatoms. The first-order valence-corrected chi connectivity index (χ1v) is 7.47. The van der Waals surface area contributed by atoms with Crippen molar-refractivity contribution in [1.29, 1.82) is 0 Å². The summed E-state index contributed by atoms with van der Waals surface area (Å²) in [7, 11) is 0. The predicted molar refractivity (Wildman–Crippen MR) is 77.1 cm³/mol. The number of hydrogen-bond donors (Lipinski definition) is 1. The largest absolute Gasteiger partial charge is 0.372 e.